The fraction of sp³-hybridized carbons (Fsp3) is 0.188. The lowest BCUT2D eigenvalue weighted by Crippen LogP contribution is -2.26. The highest BCUT2D eigenvalue weighted by atomic mass is 19.1. The van der Waals surface area contributed by atoms with E-state index in [9.17, 15) is 14.3 Å². The zero-order valence-electron chi connectivity index (χ0n) is 11.8. The summed E-state index contributed by atoms with van der Waals surface area (Å²) in [5.74, 6) is -0.730. The van der Waals surface area contributed by atoms with Gasteiger partial charge in [-0.3, -0.25) is 4.79 Å². The van der Waals surface area contributed by atoms with Crippen molar-refractivity contribution in [3.8, 4) is 11.5 Å². The van der Waals surface area contributed by atoms with Crippen LogP contribution in [0.5, 0.6) is 11.5 Å². The number of benzene rings is 2. The highest BCUT2D eigenvalue weighted by Gasteiger charge is 2.17. The number of aromatic hydroxyl groups is 1. The van der Waals surface area contributed by atoms with E-state index in [0.717, 1.165) is 5.56 Å². The molecule has 2 rings (SSSR count). The van der Waals surface area contributed by atoms with Gasteiger partial charge < -0.3 is 15.2 Å². The number of rotatable bonds is 4. The average Bonchev–Trinajstić information content (AvgIpc) is 2.48. The number of carbonyl (C=O) groups is 1. The van der Waals surface area contributed by atoms with E-state index in [0.29, 0.717) is 0 Å². The van der Waals surface area contributed by atoms with Gasteiger partial charge >= 0.3 is 0 Å². The third-order valence-electron chi connectivity index (χ3n) is 3.18. The highest BCUT2D eigenvalue weighted by molar-refractivity contribution is 5.97. The van der Waals surface area contributed by atoms with Crippen molar-refractivity contribution >= 4 is 5.91 Å². The van der Waals surface area contributed by atoms with Crippen LogP contribution in [-0.4, -0.2) is 18.1 Å². The molecular formula is C16H16FNO3. The van der Waals surface area contributed by atoms with Gasteiger partial charge in [-0.15, -0.1) is 0 Å². The summed E-state index contributed by atoms with van der Waals surface area (Å²) in [7, 11) is 1.41. The van der Waals surface area contributed by atoms with E-state index < -0.39 is 5.91 Å². The van der Waals surface area contributed by atoms with Crippen LogP contribution in [0.3, 0.4) is 0 Å². The Morgan fingerprint density at radius 2 is 1.90 bits per heavy atom. The van der Waals surface area contributed by atoms with Crippen LogP contribution < -0.4 is 10.1 Å². The molecule has 0 bridgehead atoms. The lowest BCUT2D eigenvalue weighted by molar-refractivity contribution is 0.0936. The van der Waals surface area contributed by atoms with E-state index in [2.05, 4.69) is 5.32 Å². The quantitative estimate of drug-likeness (QED) is 0.909. The van der Waals surface area contributed by atoms with E-state index in [-0.39, 0.29) is 28.9 Å². The molecule has 21 heavy (non-hydrogen) atoms. The number of halogens is 1. The molecule has 2 aromatic rings. The van der Waals surface area contributed by atoms with Crippen LogP contribution in [0, 0.1) is 5.82 Å². The number of ether oxygens (including phenoxy) is 1. The predicted octanol–water partition coefficient (Wildman–Crippen LogP) is 3.03. The van der Waals surface area contributed by atoms with Gasteiger partial charge in [0.25, 0.3) is 5.91 Å². The normalized spacial score (nSPS) is 11.8. The summed E-state index contributed by atoms with van der Waals surface area (Å²) in [6, 6.07) is 10.2. The molecule has 4 nitrogen and oxygen atoms in total. The first-order chi connectivity index (χ1) is 10.0. The van der Waals surface area contributed by atoms with Gasteiger partial charge in [-0.05, 0) is 36.8 Å². The third kappa shape index (κ3) is 3.31. The number of hydrogen-bond acceptors (Lipinski definition) is 3. The van der Waals surface area contributed by atoms with Gasteiger partial charge in [-0.25, -0.2) is 4.39 Å². The maximum absolute atomic E-state index is 12.9. The first-order valence-electron chi connectivity index (χ1n) is 6.45. The smallest absolute Gasteiger partial charge is 0.255 e. The molecule has 2 aromatic carbocycles. The molecule has 0 saturated carbocycles. The van der Waals surface area contributed by atoms with E-state index in [1.165, 1.54) is 25.3 Å². The Bertz CT molecular complexity index is 640. The van der Waals surface area contributed by atoms with Crippen LogP contribution in [0.1, 0.15) is 28.9 Å². The number of phenolic OH excluding ortho intramolecular Hbond substituents is 1. The minimum atomic E-state index is -0.428. The summed E-state index contributed by atoms with van der Waals surface area (Å²) >= 11 is 0. The van der Waals surface area contributed by atoms with Crippen LogP contribution >= 0.6 is 0 Å². The van der Waals surface area contributed by atoms with Gasteiger partial charge in [0.1, 0.15) is 5.82 Å². The molecule has 0 aliphatic rings. The Hall–Kier alpha value is -2.56. The maximum atomic E-state index is 12.9. The number of nitrogens with one attached hydrogen (secondary N) is 1. The molecule has 1 unspecified atom stereocenters. The second-order valence-corrected chi connectivity index (χ2v) is 4.60. The van der Waals surface area contributed by atoms with Crippen molar-refractivity contribution in [2.24, 2.45) is 0 Å². The molecule has 0 aliphatic heterocycles. The second-order valence-electron chi connectivity index (χ2n) is 4.60. The fourth-order valence-corrected chi connectivity index (χ4v) is 1.98. The Balaban J connectivity index is 2.16. The minimum absolute atomic E-state index is 0.128. The molecular weight excluding hydrogens is 273 g/mol. The van der Waals surface area contributed by atoms with E-state index in [1.54, 1.807) is 31.2 Å². The largest absolute Gasteiger partial charge is 0.504 e. The molecule has 0 heterocycles. The predicted molar refractivity (Wildman–Crippen MR) is 76.9 cm³/mol. The zero-order chi connectivity index (χ0) is 15.4. The Labute approximate surface area is 122 Å². The average molecular weight is 289 g/mol. The number of methoxy groups -OCH3 is 1. The van der Waals surface area contributed by atoms with Crippen LogP contribution in [0.15, 0.2) is 42.5 Å². The van der Waals surface area contributed by atoms with Crippen LogP contribution in [-0.2, 0) is 0 Å². The van der Waals surface area contributed by atoms with Crippen molar-refractivity contribution < 1.29 is 19.0 Å². The van der Waals surface area contributed by atoms with Crippen LogP contribution in [0.2, 0.25) is 0 Å². The molecule has 0 saturated heterocycles. The Morgan fingerprint density at radius 1 is 1.24 bits per heavy atom. The van der Waals surface area contributed by atoms with Crippen molar-refractivity contribution in [3.63, 3.8) is 0 Å². The summed E-state index contributed by atoms with van der Waals surface area (Å²) in [5.41, 5.74) is 0.899. The lowest BCUT2D eigenvalue weighted by Gasteiger charge is -2.15. The zero-order valence-corrected chi connectivity index (χ0v) is 11.8. The van der Waals surface area contributed by atoms with Crippen LogP contribution in [0.25, 0.3) is 0 Å². The molecule has 2 N–H and O–H groups in total. The van der Waals surface area contributed by atoms with E-state index >= 15 is 0 Å². The Kier molecular flexibility index (Phi) is 4.42. The molecule has 1 amide bonds. The first-order valence-corrected chi connectivity index (χ1v) is 6.45. The summed E-state index contributed by atoms with van der Waals surface area (Å²) in [5, 5.41) is 12.7. The number of para-hydroxylation sites is 1. The van der Waals surface area contributed by atoms with E-state index in [1.807, 2.05) is 0 Å². The minimum Gasteiger partial charge on any atom is -0.504 e. The monoisotopic (exact) mass is 289 g/mol. The summed E-state index contributed by atoms with van der Waals surface area (Å²) in [4.78, 5) is 12.2. The molecule has 5 heteroatoms. The SMILES string of the molecule is COc1cccc(C(=O)NC(C)c2ccc(F)cc2)c1O. The van der Waals surface area contributed by atoms with Crippen molar-refractivity contribution in [1.29, 1.82) is 0 Å². The van der Waals surface area contributed by atoms with Gasteiger partial charge in [-0.2, -0.15) is 0 Å². The Morgan fingerprint density at radius 3 is 2.52 bits per heavy atom. The van der Waals surface area contributed by atoms with Crippen molar-refractivity contribution in [2.45, 2.75) is 13.0 Å². The molecule has 0 radical (unpaired) electrons. The van der Waals surface area contributed by atoms with Crippen LogP contribution in [0.4, 0.5) is 4.39 Å². The third-order valence-corrected chi connectivity index (χ3v) is 3.18. The first kappa shape index (κ1) is 14.8. The molecule has 0 spiro atoms. The van der Waals surface area contributed by atoms with Gasteiger partial charge in [-0.1, -0.05) is 18.2 Å². The molecule has 0 aliphatic carbocycles. The topological polar surface area (TPSA) is 58.6 Å². The summed E-state index contributed by atoms with van der Waals surface area (Å²) in [6.45, 7) is 1.78. The van der Waals surface area contributed by atoms with Crippen molar-refractivity contribution in [2.75, 3.05) is 7.11 Å². The number of phenols is 1. The summed E-state index contributed by atoms with van der Waals surface area (Å²) in [6.07, 6.45) is 0. The number of amides is 1. The fourth-order valence-electron chi connectivity index (χ4n) is 1.98. The van der Waals surface area contributed by atoms with Crippen molar-refractivity contribution in [3.05, 3.63) is 59.4 Å². The molecule has 0 aromatic heterocycles. The van der Waals surface area contributed by atoms with Crippen molar-refractivity contribution in [1.82, 2.24) is 5.32 Å². The number of hydrogen-bond donors (Lipinski definition) is 2. The molecule has 110 valence electrons. The molecule has 0 fully saturated rings. The lowest BCUT2D eigenvalue weighted by atomic mass is 10.1. The van der Waals surface area contributed by atoms with E-state index in [4.69, 9.17) is 4.74 Å². The number of carbonyl (C=O) groups excluding carboxylic acids is 1. The van der Waals surface area contributed by atoms with Gasteiger partial charge in [0.15, 0.2) is 11.5 Å². The second kappa shape index (κ2) is 6.26. The van der Waals surface area contributed by atoms with Gasteiger partial charge in [0.05, 0.1) is 18.7 Å². The molecule has 1 atom stereocenters. The summed E-state index contributed by atoms with van der Waals surface area (Å²) < 4.78 is 17.8. The maximum Gasteiger partial charge on any atom is 0.255 e. The standard InChI is InChI=1S/C16H16FNO3/c1-10(11-6-8-12(17)9-7-11)18-16(20)13-4-3-5-14(21-2)15(13)19/h3-10,19H,1-2H3,(H,18,20). The van der Waals surface area contributed by atoms with Gasteiger partial charge in [0.2, 0.25) is 0 Å². The highest BCUT2D eigenvalue weighted by Crippen LogP contribution is 2.29. The van der Waals surface area contributed by atoms with Gasteiger partial charge in [0, 0.05) is 0 Å².